The van der Waals surface area contributed by atoms with Gasteiger partial charge in [-0.15, -0.1) is 6.58 Å². The number of aromatic nitrogens is 1. The molecule has 64 valence electrons. The molecule has 0 aromatic carbocycles. The van der Waals surface area contributed by atoms with Gasteiger partial charge in [-0.3, -0.25) is 0 Å². The van der Waals surface area contributed by atoms with E-state index in [9.17, 15) is 0 Å². The number of halogens is 1. The zero-order chi connectivity index (χ0) is 8.97. The molecule has 0 bridgehead atoms. The minimum atomic E-state index is -0.0938. The lowest BCUT2D eigenvalue weighted by Crippen LogP contribution is -2.09. The smallest absolute Gasteiger partial charge is 0.133 e. The van der Waals surface area contributed by atoms with Crippen LogP contribution in [0.2, 0.25) is 5.15 Å². The van der Waals surface area contributed by atoms with Crippen LogP contribution in [0.25, 0.3) is 0 Å². The first-order valence-electron chi connectivity index (χ1n) is 3.72. The van der Waals surface area contributed by atoms with Crippen LogP contribution in [0.3, 0.4) is 0 Å². The lowest BCUT2D eigenvalue weighted by atomic mass is 10.1. The average molecular weight is 183 g/mol. The summed E-state index contributed by atoms with van der Waals surface area (Å²) in [4.78, 5) is 3.93. The van der Waals surface area contributed by atoms with E-state index in [2.05, 4.69) is 11.6 Å². The van der Waals surface area contributed by atoms with Gasteiger partial charge >= 0.3 is 0 Å². The van der Waals surface area contributed by atoms with Crippen molar-refractivity contribution >= 4 is 11.6 Å². The van der Waals surface area contributed by atoms with Crippen molar-refractivity contribution in [2.75, 3.05) is 0 Å². The van der Waals surface area contributed by atoms with E-state index in [1.165, 1.54) is 0 Å². The highest BCUT2D eigenvalue weighted by Gasteiger charge is 2.07. The Morgan fingerprint density at radius 3 is 3.08 bits per heavy atom. The van der Waals surface area contributed by atoms with Crippen molar-refractivity contribution in [2.45, 2.75) is 12.5 Å². The second-order valence-corrected chi connectivity index (χ2v) is 2.87. The van der Waals surface area contributed by atoms with Crippen LogP contribution in [0, 0.1) is 0 Å². The predicted molar refractivity (Wildman–Crippen MR) is 51.0 cm³/mol. The summed E-state index contributed by atoms with van der Waals surface area (Å²) in [6.45, 7) is 3.61. The van der Waals surface area contributed by atoms with Crippen LogP contribution in [-0.4, -0.2) is 4.98 Å². The molecule has 0 aliphatic rings. The van der Waals surface area contributed by atoms with E-state index in [1.54, 1.807) is 12.3 Å². The number of nitrogens with two attached hydrogens (primary N) is 1. The van der Waals surface area contributed by atoms with Crippen molar-refractivity contribution < 1.29 is 0 Å². The molecule has 1 rings (SSSR count). The summed E-state index contributed by atoms with van der Waals surface area (Å²) >= 11 is 5.83. The Morgan fingerprint density at radius 1 is 1.75 bits per heavy atom. The van der Waals surface area contributed by atoms with Crippen molar-refractivity contribution in [3.63, 3.8) is 0 Å². The quantitative estimate of drug-likeness (QED) is 0.576. The summed E-state index contributed by atoms with van der Waals surface area (Å²) in [7, 11) is 0. The van der Waals surface area contributed by atoms with Crippen LogP contribution in [0.1, 0.15) is 18.0 Å². The van der Waals surface area contributed by atoms with Crippen LogP contribution in [0.4, 0.5) is 0 Å². The van der Waals surface area contributed by atoms with Crippen molar-refractivity contribution in [1.82, 2.24) is 4.98 Å². The zero-order valence-corrected chi connectivity index (χ0v) is 7.46. The standard InChI is InChI=1S/C9H11ClN2/c1-2-4-8(11)7-5-3-6-12-9(7)10/h2-3,5-6,8H,1,4,11H2. The fourth-order valence-corrected chi connectivity index (χ4v) is 1.24. The van der Waals surface area contributed by atoms with E-state index in [0.29, 0.717) is 11.6 Å². The number of nitrogens with zero attached hydrogens (tertiary/aromatic N) is 1. The monoisotopic (exact) mass is 182 g/mol. The van der Waals surface area contributed by atoms with Gasteiger partial charge in [-0.1, -0.05) is 23.7 Å². The van der Waals surface area contributed by atoms with Crippen LogP contribution in [-0.2, 0) is 0 Å². The summed E-state index contributed by atoms with van der Waals surface area (Å²) in [5.41, 5.74) is 6.68. The molecule has 12 heavy (non-hydrogen) atoms. The Bertz CT molecular complexity index is 273. The van der Waals surface area contributed by atoms with Crippen LogP contribution in [0.5, 0.6) is 0 Å². The molecule has 2 nitrogen and oxygen atoms in total. The highest BCUT2D eigenvalue weighted by Crippen LogP contribution is 2.20. The van der Waals surface area contributed by atoms with Gasteiger partial charge < -0.3 is 5.73 Å². The van der Waals surface area contributed by atoms with Gasteiger partial charge in [0.1, 0.15) is 5.15 Å². The van der Waals surface area contributed by atoms with E-state index >= 15 is 0 Å². The van der Waals surface area contributed by atoms with Crippen molar-refractivity contribution in [2.24, 2.45) is 5.73 Å². The Labute approximate surface area is 77.1 Å². The second kappa shape index (κ2) is 4.24. The van der Waals surface area contributed by atoms with Crippen molar-refractivity contribution in [3.05, 3.63) is 41.7 Å². The van der Waals surface area contributed by atoms with E-state index in [-0.39, 0.29) is 6.04 Å². The van der Waals surface area contributed by atoms with E-state index < -0.39 is 0 Å². The van der Waals surface area contributed by atoms with Gasteiger partial charge in [0, 0.05) is 17.8 Å². The maximum Gasteiger partial charge on any atom is 0.133 e. The molecular formula is C9H11ClN2. The molecule has 0 spiro atoms. The van der Waals surface area contributed by atoms with E-state index in [0.717, 1.165) is 5.56 Å². The molecular weight excluding hydrogens is 172 g/mol. The highest BCUT2D eigenvalue weighted by molar-refractivity contribution is 6.30. The van der Waals surface area contributed by atoms with Crippen molar-refractivity contribution in [1.29, 1.82) is 0 Å². The van der Waals surface area contributed by atoms with Crippen molar-refractivity contribution in [3.8, 4) is 0 Å². The lowest BCUT2D eigenvalue weighted by molar-refractivity contribution is 0.738. The molecule has 3 heteroatoms. The van der Waals surface area contributed by atoms with E-state index in [4.69, 9.17) is 17.3 Å². The Hall–Kier alpha value is -0.860. The summed E-state index contributed by atoms with van der Waals surface area (Å²) < 4.78 is 0. The molecule has 1 atom stereocenters. The first-order chi connectivity index (χ1) is 5.75. The molecule has 0 fully saturated rings. The molecule has 0 saturated heterocycles. The average Bonchev–Trinajstić information content (AvgIpc) is 2.05. The molecule has 0 radical (unpaired) electrons. The van der Waals surface area contributed by atoms with Gasteiger partial charge in [-0.05, 0) is 12.5 Å². The normalized spacial score (nSPS) is 12.5. The van der Waals surface area contributed by atoms with Gasteiger partial charge in [0.05, 0.1) is 0 Å². The number of pyridine rings is 1. The molecule has 0 aliphatic carbocycles. The summed E-state index contributed by atoms with van der Waals surface area (Å²) in [5.74, 6) is 0. The molecule has 1 aromatic rings. The highest BCUT2D eigenvalue weighted by atomic mass is 35.5. The second-order valence-electron chi connectivity index (χ2n) is 2.51. The van der Waals surface area contributed by atoms with E-state index in [1.807, 2.05) is 12.1 Å². The maximum absolute atomic E-state index is 5.83. The molecule has 0 aliphatic heterocycles. The molecule has 0 saturated carbocycles. The number of hydrogen-bond donors (Lipinski definition) is 1. The lowest BCUT2D eigenvalue weighted by Gasteiger charge is -2.09. The molecule has 0 amide bonds. The molecule has 1 heterocycles. The van der Waals surface area contributed by atoms with Crippen LogP contribution >= 0.6 is 11.6 Å². The third kappa shape index (κ3) is 2.06. The summed E-state index contributed by atoms with van der Waals surface area (Å²) in [6.07, 6.45) is 4.13. The fraction of sp³-hybridized carbons (Fsp3) is 0.222. The van der Waals surface area contributed by atoms with Gasteiger partial charge in [-0.2, -0.15) is 0 Å². The topological polar surface area (TPSA) is 38.9 Å². The zero-order valence-electron chi connectivity index (χ0n) is 6.70. The van der Waals surface area contributed by atoms with Gasteiger partial charge in [-0.25, -0.2) is 4.98 Å². The van der Waals surface area contributed by atoms with Gasteiger partial charge in [0.2, 0.25) is 0 Å². The fourth-order valence-electron chi connectivity index (χ4n) is 0.982. The first kappa shape index (κ1) is 9.23. The summed E-state index contributed by atoms with van der Waals surface area (Å²) in [5, 5.41) is 0.479. The third-order valence-electron chi connectivity index (χ3n) is 1.61. The maximum atomic E-state index is 5.83. The van der Waals surface area contributed by atoms with Gasteiger partial charge in [0.25, 0.3) is 0 Å². The van der Waals surface area contributed by atoms with Gasteiger partial charge in [0.15, 0.2) is 0 Å². The third-order valence-corrected chi connectivity index (χ3v) is 1.92. The SMILES string of the molecule is C=CCC(N)c1cccnc1Cl. The van der Waals surface area contributed by atoms with Crippen LogP contribution in [0.15, 0.2) is 31.0 Å². The predicted octanol–water partition coefficient (Wildman–Crippen LogP) is 2.31. The Balaban J connectivity index is 2.86. The minimum Gasteiger partial charge on any atom is -0.324 e. The molecule has 1 unspecified atom stereocenters. The molecule has 1 aromatic heterocycles. The summed E-state index contributed by atoms with van der Waals surface area (Å²) in [6, 6.07) is 3.61. The molecule has 2 N–H and O–H groups in total. The Kier molecular flexibility index (Phi) is 3.26. The number of rotatable bonds is 3. The Morgan fingerprint density at radius 2 is 2.50 bits per heavy atom. The number of hydrogen-bond acceptors (Lipinski definition) is 2. The largest absolute Gasteiger partial charge is 0.324 e. The minimum absolute atomic E-state index is 0.0938. The van der Waals surface area contributed by atoms with Crippen LogP contribution < -0.4 is 5.73 Å². The first-order valence-corrected chi connectivity index (χ1v) is 4.10.